The first-order valence-electron chi connectivity index (χ1n) is 11.1. The summed E-state index contributed by atoms with van der Waals surface area (Å²) >= 11 is 13.4. The van der Waals surface area contributed by atoms with E-state index >= 15 is 0 Å². The number of nitrogens with one attached hydrogen (secondary N) is 2. The molecule has 178 valence electrons. The van der Waals surface area contributed by atoms with Crippen molar-refractivity contribution < 1.29 is 9.53 Å². The van der Waals surface area contributed by atoms with Crippen molar-refractivity contribution in [2.75, 3.05) is 5.32 Å². The van der Waals surface area contributed by atoms with Crippen LogP contribution in [0, 0.1) is 0 Å². The molecule has 1 amide bonds. The molecule has 8 heteroatoms. The summed E-state index contributed by atoms with van der Waals surface area (Å²) in [6.07, 6.45) is 0. The van der Waals surface area contributed by atoms with Gasteiger partial charge in [0.1, 0.15) is 17.4 Å². The molecule has 2 N–H and O–H groups in total. The molecular weight excluding hydrogens is 510 g/mol. The lowest BCUT2D eigenvalue weighted by Crippen LogP contribution is -2.34. The van der Waals surface area contributed by atoms with E-state index in [1.165, 1.54) is 0 Å². The third kappa shape index (κ3) is 5.71. The van der Waals surface area contributed by atoms with Gasteiger partial charge in [0.2, 0.25) is 0 Å². The van der Waals surface area contributed by atoms with Crippen molar-refractivity contribution in [3.05, 3.63) is 113 Å². The van der Waals surface area contributed by atoms with Crippen LogP contribution in [0.15, 0.2) is 97.1 Å². The van der Waals surface area contributed by atoms with Crippen molar-refractivity contribution in [3.63, 3.8) is 0 Å². The predicted molar refractivity (Wildman–Crippen MR) is 151 cm³/mol. The Morgan fingerprint density at radius 2 is 1.69 bits per heavy atom. The van der Waals surface area contributed by atoms with Crippen LogP contribution in [-0.4, -0.2) is 16.0 Å². The Morgan fingerprint density at radius 3 is 2.47 bits per heavy atom. The molecule has 0 radical (unpaired) electrons. The summed E-state index contributed by atoms with van der Waals surface area (Å²) in [5, 5.41) is 7.23. The number of carbonyl (C=O) groups is 1. The summed E-state index contributed by atoms with van der Waals surface area (Å²) in [6.45, 7) is 0.456. The van der Waals surface area contributed by atoms with Crippen LogP contribution in [0.1, 0.15) is 15.9 Å². The topological polar surface area (TPSA) is 63.2 Å². The molecule has 0 aliphatic heterocycles. The van der Waals surface area contributed by atoms with E-state index in [0.717, 1.165) is 26.4 Å². The van der Waals surface area contributed by atoms with E-state index in [1.807, 2.05) is 66.7 Å². The molecule has 0 saturated heterocycles. The zero-order valence-electron chi connectivity index (χ0n) is 18.9. The first-order valence-corrected chi connectivity index (χ1v) is 12.7. The van der Waals surface area contributed by atoms with Gasteiger partial charge < -0.3 is 10.1 Å². The van der Waals surface area contributed by atoms with E-state index in [2.05, 4.69) is 10.6 Å². The Hall–Kier alpha value is -3.78. The number of hydrogen-bond donors (Lipinski definition) is 2. The molecule has 0 fully saturated rings. The van der Waals surface area contributed by atoms with E-state index in [-0.39, 0.29) is 11.0 Å². The number of thiazole rings is 1. The summed E-state index contributed by atoms with van der Waals surface area (Å²) in [7, 11) is 0. The highest BCUT2D eigenvalue weighted by atomic mass is 35.5. The van der Waals surface area contributed by atoms with E-state index in [4.69, 9.17) is 33.5 Å². The number of ether oxygens (including phenoxy) is 1. The number of nitrogens with zero attached hydrogens (tertiary/aromatic N) is 1. The fourth-order valence-electron chi connectivity index (χ4n) is 3.52. The third-order valence-corrected chi connectivity index (χ3v) is 6.97. The molecular formula is C28H20ClN3O2S2. The second-order valence-corrected chi connectivity index (χ2v) is 9.73. The van der Waals surface area contributed by atoms with Gasteiger partial charge in [0.25, 0.3) is 5.91 Å². The average molecular weight is 530 g/mol. The molecule has 0 saturated carbocycles. The molecule has 36 heavy (non-hydrogen) atoms. The first-order chi connectivity index (χ1) is 17.5. The molecule has 0 spiro atoms. The number of hydrogen-bond acceptors (Lipinski definition) is 5. The van der Waals surface area contributed by atoms with Gasteiger partial charge in [-0.05, 0) is 66.3 Å². The quantitative estimate of drug-likeness (QED) is 0.226. The van der Waals surface area contributed by atoms with Gasteiger partial charge in [-0.2, -0.15) is 0 Å². The van der Waals surface area contributed by atoms with Crippen LogP contribution in [0.25, 0.3) is 20.8 Å². The van der Waals surface area contributed by atoms with E-state index in [9.17, 15) is 4.79 Å². The van der Waals surface area contributed by atoms with Gasteiger partial charge in [-0.3, -0.25) is 10.1 Å². The Morgan fingerprint density at radius 1 is 0.944 bits per heavy atom. The number of thiocarbonyl (C=S) groups is 1. The predicted octanol–water partition coefficient (Wildman–Crippen LogP) is 7.32. The number of anilines is 1. The maximum absolute atomic E-state index is 12.7. The SMILES string of the molecule is O=C(NC(=S)Nc1cc(-c2nc3ccccc3s2)ccc1Cl)c1ccc(OCc2ccccc2)cc1. The smallest absolute Gasteiger partial charge is 0.257 e. The van der Waals surface area contributed by atoms with Crippen LogP contribution < -0.4 is 15.4 Å². The standard InChI is InChI=1S/C28H20ClN3O2S2/c29-22-15-12-20(27-30-23-8-4-5-9-25(23)36-27)16-24(22)31-28(35)32-26(33)19-10-13-21(14-11-19)34-17-18-6-2-1-3-7-18/h1-16H,17H2,(H2,31,32,33,35). The summed E-state index contributed by atoms with van der Waals surface area (Å²) in [6, 6.07) is 30.3. The van der Waals surface area contributed by atoms with Crippen LogP contribution in [-0.2, 0) is 6.61 Å². The number of halogens is 1. The highest BCUT2D eigenvalue weighted by molar-refractivity contribution is 7.80. The number of para-hydroxylation sites is 1. The van der Waals surface area contributed by atoms with Gasteiger partial charge in [-0.1, -0.05) is 60.1 Å². The van der Waals surface area contributed by atoms with E-state index < -0.39 is 0 Å². The van der Waals surface area contributed by atoms with Gasteiger partial charge >= 0.3 is 0 Å². The van der Waals surface area contributed by atoms with Crippen LogP contribution in [0.4, 0.5) is 5.69 Å². The average Bonchev–Trinajstić information content (AvgIpc) is 3.34. The second-order valence-electron chi connectivity index (χ2n) is 7.89. The summed E-state index contributed by atoms with van der Waals surface area (Å²) in [5.74, 6) is 0.343. The highest BCUT2D eigenvalue weighted by Crippen LogP contribution is 2.33. The number of benzene rings is 4. The molecule has 4 aromatic carbocycles. The van der Waals surface area contributed by atoms with Crippen LogP contribution in [0.3, 0.4) is 0 Å². The van der Waals surface area contributed by atoms with Crippen LogP contribution >= 0.6 is 35.2 Å². The minimum atomic E-state index is -0.333. The zero-order valence-corrected chi connectivity index (χ0v) is 21.3. The fourth-order valence-corrected chi connectivity index (χ4v) is 4.85. The maximum atomic E-state index is 12.7. The molecule has 0 atom stereocenters. The number of rotatable bonds is 6. The Kier molecular flexibility index (Phi) is 7.23. The number of amides is 1. The lowest BCUT2D eigenvalue weighted by atomic mass is 10.2. The fraction of sp³-hybridized carbons (Fsp3) is 0.0357. The first kappa shape index (κ1) is 23.9. The molecule has 0 aliphatic carbocycles. The molecule has 5 aromatic rings. The lowest BCUT2D eigenvalue weighted by molar-refractivity contribution is 0.0977. The van der Waals surface area contributed by atoms with Crippen LogP contribution in [0.2, 0.25) is 5.02 Å². The van der Waals surface area contributed by atoms with E-state index in [1.54, 1.807) is 41.7 Å². The number of aromatic nitrogens is 1. The van der Waals surface area contributed by atoms with Crippen molar-refractivity contribution >= 4 is 62.1 Å². The maximum Gasteiger partial charge on any atom is 0.257 e. The lowest BCUT2D eigenvalue weighted by Gasteiger charge is -2.12. The zero-order chi connectivity index (χ0) is 24.9. The Balaban J connectivity index is 1.21. The molecule has 1 heterocycles. The van der Waals surface area contributed by atoms with Gasteiger partial charge in [0, 0.05) is 11.1 Å². The van der Waals surface area contributed by atoms with E-state index in [0.29, 0.717) is 28.6 Å². The Bertz CT molecular complexity index is 1500. The van der Waals surface area contributed by atoms with Crippen LogP contribution in [0.5, 0.6) is 5.75 Å². The highest BCUT2D eigenvalue weighted by Gasteiger charge is 2.12. The number of fused-ring (bicyclic) bond motifs is 1. The van der Waals surface area contributed by atoms with Crippen molar-refractivity contribution in [3.8, 4) is 16.3 Å². The minimum absolute atomic E-state index is 0.146. The molecule has 5 rings (SSSR count). The summed E-state index contributed by atoms with van der Waals surface area (Å²) < 4.78 is 6.89. The van der Waals surface area contributed by atoms with Gasteiger partial charge in [0.15, 0.2) is 5.11 Å². The molecule has 0 bridgehead atoms. The monoisotopic (exact) mass is 529 g/mol. The van der Waals surface area contributed by atoms with Gasteiger partial charge in [0.05, 0.1) is 20.9 Å². The molecule has 5 nitrogen and oxygen atoms in total. The van der Waals surface area contributed by atoms with Gasteiger partial charge in [-0.25, -0.2) is 4.98 Å². The van der Waals surface area contributed by atoms with Crippen molar-refractivity contribution in [1.82, 2.24) is 10.3 Å². The van der Waals surface area contributed by atoms with Crippen molar-refractivity contribution in [1.29, 1.82) is 0 Å². The Labute approximate surface area is 222 Å². The molecule has 0 unspecified atom stereocenters. The minimum Gasteiger partial charge on any atom is -0.489 e. The van der Waals surface area contributed by atoms with Crippen molar-refractivity contribution in [2.24, 2.45) is 0 Å². The largest absolute Gasteiger partial charge is 0.489 e. The summed E-state index contributed by atoms with van der Waals surface area (Å²) in [5.41, 5.74) is 3.97. The second kappa shape index (κ2) is 10.9. The number of carbonyl (C=O) groups excluding carboxylic acids is 1. The van der Waals surface area contributed by atoms with Gasteiger partial charge in [-0.15, -0.1) is 11.3 Å². The van der Waals surface area contributed by atoms with Crippen molar-refractivity contribution in [2.45, 2.75) is 6.61 Å². The molecule has 0 aliphatic rings. The molecule has 1 aromatic heterocycles. The summed E-state index contributed by atoms with van der Waals surface area (Å²) in [4.78, 5) is 17.4. The third-order valence-electron chi connectivity index (χ3n) is 5.35. The normalized spacial score (nSPS) is 10.7.